The Balaban J connectivity index is 2.55. The summed E-state index contributed by atoms with van der Waals surface area (Å²) in [6.07, 6.45) is 1.09. The van der Waals surface area contributed by atoms with E-state index in [1.165, 1.54) is 6.07 Å². The Kier molecular flexibility index (Phi) is 2.68. The van der Waals surface area contributed by atoms with Crippen LogP contribution < -0.4 is 11.1 Å². The van der Waals surface area contributed by atoms with Crippen molar-refractivity contribution in [2.45, 2.75) is 25.3 Å². The van der Waals surface area contributed by atoms with Crippen molar-refractivity contribution in [3.63, 3.8) is 0 Å². The Morgan fingerprint density at radius 2 is 2.38 bits per heavy atom. The van der Waals surface area contributed by atoms with Crippen molar-refractivity contribution in [1.29, 1.82) is 0 Å². The van der Waals surface area contributed by atoms with E-state index in [-0.39, 0.29) is 5.82 Å². The number of rotatable bonds is 3. The molecule has 1 aromatic carbocycles. The number of hydrogen-bond acceptors (Lipinski definition) is 2. The maximum atomic E-state index is 13.6. The highest BCUT2D eigenvalue weighted by Crippen LogP contribution is 2.37. The summed E-state index contributed by atoms with van der Waals surface area (Å²) >= 11 is 0. The van der Waals surface area contributed by atoms with Gasteiger partial charge in [-0.25, -0.2) is 4.39 Å². The van der Waals surface area contributed by atoms with Crippen LogP contribution in [0.2, 0.25) is 0 Å². The Labute approximate surface area is 93.8 Å². The highest BCUT2D eigenvalue weighted by Gasteiger charge is 2.44. The number of benzene rings is 1. The van der Waals surface area contributed by atoms with Crippen molar-refractivity contribution in [1.82, 2.24) is 5.32 Å². The minimum atomic E-state index is -0.883. The molecular formula is C12H15FN2O. The van der Waals surface area contributed by atoms with Gasteiger partial charge in [-0.05, 0) is 36.6 Å². The molecule has 1 aliphatic carbocycles. The van der Waals surface area contributed by atoms with Gasteiger partial charge in [-0.1, -0.05) is 19.1 Å². The molecule has 1 aromatic rings. The van der Waals surface area contributed by atoms with Crippen LogP contribution in [-0.2, 0) is 16.8 Å². The van der Waals surface area contributed by atoms with Gasteiger partial charge >= 0.3 is 0 Å². The van der Waals surface area contributed by atoms with E-state index in [2.05, 4.69) is 5.32 Å². The van der Waals surface area contributed by atoms with E-state index in [4.69, 9.17) is 5.73 Å². The Bertz CT molecular complexity index is 433. The zero-order valence-electron chi connectivity index (χ0n) is 9.22. The summed E-state index contributed by atoms with van der Waals surface area (Å²) < 4.78 is 13.6. The second kappa shape index (κ2) is 3.87. The predicted octanol–water partition coefficient (Wildman–Crippen LogP) is 1.06. The minimum absolute atomic E-state index is 0.251. The molecule has 0 heterocycles. The van der Waals surface area contributed by atoms with Gasteiger partial charge in [0.25, 0.3) is 0 Å². The number of hydrogen-bond donors (Lipinski definition) is 2. The molecule has 1 atom stereocenters. The second-order valence-corrected chi connectivity index (χ2v) is 4.07. The molecule has 0 saturated heterocycles. The van der Waals surface area contributed by atoms with Crippen LogP contribution in [-0.4, -0.2) is 12.5 Å². The molecule has 0 saturated carbocycles. The summed E-state index contributed by atoms with van der Waals surface area (Å²) in [5, 5.41) is 3.10. The fourth-order valence-corrected chi connectivity index (χ4v) is 2.49. The van der Waals surface area contributed by atoms with E-state index in [9.17, 15) is 9.18 Å². The number of nitrogens with one attached hydrogen (secondary N) is 1. The van der Waals surface area contributed by atoms with Gasteiger partial charge in [-0.15, -0.1) is 0 Å². The number of halogens is 1. The minimum Gasteiger partial charge on any atom is -0.368 e. The molecule has 0 bridgehead atoms. The van der Waals surface area contributed by atoms with Crippen molar-refractivity contribution in [2.75, 3.05) is 6.54 Å². The normalized spacial score (nSPS) is 23.1. The van der Waals surface area contributed by atoms with Crippen LogP contribution in [0.3, 0.4) is 0 Å². The molecule has 4 heteroatoms. The largest absolute Gasteiger partial charge is 0.368 e. The monoisotopic (exact) mass is 222 g/mol. The van der Waals surface area contributed by atoms with Crippen LogP contribution in [0, 0.1) is 5.82 Å². The number of carbonyl (C=O) groups is 1. The van der Waals surface area contributed by atoms with Crippen LogP contribution in [0.25, 0.3) is 0 Å². The number of nitrogens with two attached hydrogens (primary N) is 1. The van der Waals surface area contributed by atoms with Crippen molar-refractivity contribution in [2.24, 2.45) is 5.73 Å². The van der Waals surface area contributed by atoms with Gasteiger partial charge in [0.15, 0.2) is 0 Å². The van der Waals surface area contributed by atoms with Gasteiger partial charge < -0.3 is 5.73 Å². The Morgan fingerprint density at radius 3 is 3.00 bits per heavy atom. The first-order chi connectivity index (χ1) is 7.62. The molecule has 3 N–H and O–H groups in total. The van der Waals surface area contributed by atoms with Gasteiger partial charge in [-0.3, -0.25) is 10.1 Å². The molecule has 1 unspecified atom stereocenters. The summed E-state index contributed by atoms with van der Waals surface area (Å²) in [5.41, 5.74) is 5.89. The lowest BCUT2D eigenvalue weighted by molar-refractivity contribution is -0.124. The molecule has 0 aliphatic heterocycles. The third-order valence-corrected chi connectivity index (χ3v) is 3.23. The first kappa shape index (κ1) is 11.1. The molecule has 16 heavy (non-hydrogen) atoms. The number of carbonyl (C=O) groups excluding carboxylic acids is 1. The van der Waals surface area contributed by atoms with Gasteiger partial charge in [0.05, 0.1) is 0 Å². The molecule has 86 valence electrons. The van der Waals surface area contributed by atoms with Crippen LogP contribution in [0.5, 0.6) is 0 Å². The van der Waals surface area contributed by atoms with Gasteiger partial charge in [0.2, 0.25) is 5.91 Å². The Morgan fingerprint density at radius 1 is 1.62 bits per heavy atom. The second-order valence-electron chi connectivity index (χ2n) is 4.07. The van der Waals surface area contributed by atoms with Crippen LogP contribution in [0.15, 0.2) is 18.2 Å². The van der Waals surface area contributed by atoms with Gasteiger partial charge in [-0.2, -0.15) is 0 Å². The van der Waals surface area contributed by atoms with E-state index in [1.54, 1.807) is 12.1 Å². The van der Waals surface area contributed by atoms with E-state index < -0.39 is 11.4 Å². The Hall–Kier alpha value is -1.42. The van der Waals surface area contributed by atoms with Crippen molar-refractivity contribution >= 4 is 5.91 Å². The molecule has 0 spiro atoms. The van der Waals surface area contributed by atoms with Gasteiger partial charge in [0, 0.05) is 0 Å². The quantitative estimate of drug-likeness (QED) is 0.803. The summed E-state index contributed by atoms with van der Waals surface area (Å²) in [6.45, 7) is 2.53. The zero-order valence-corrected chi connectivity index (χ0v) is 9.22. The van der Waals surface area contributed by atoms with E-state index in [0.717, 1.165) is 0 Å². The van der Waals surface area contributed by atoms with Crippen molar-refractivity contribution in [3.05, 3.63) is 35.1 Å². The molecule has 0 fully saturated rings. The molecule has 0 aromatic heterocycles. The van der Waals surface area contributed by atoms with Crippen molar-refractivity contribution < 1.29 is 9.18 Å². The van der Waals surface area contributed by atoms with E-state index in [0.29, 0.717) is 30.5 Å². The average molecular weight is 222 g/mol. The number of amides is 1. The van der Waals surface area contributed by atoms with E-state index in [1.807, 2.05) is 6.92 Å². The van der Waals surface area contributed by atoms with Crippen LogP contribution in [0.4, 0.5) is 4.39 Å². The molecule has 1 amide bonds. The third-order valence-electron chi connectivity index (χ3n) is 3.23. The van der Waals surface area contributed by atoms with Crippen molar-refractivity contribution in [3.8, 4) is 0 Å². The predicted molar refractivity (Wildman–Crippen MR) is 59.3 cm³/mol. The highest BCUT2D eigenvalue weighted by atomic mass is 19.1. The summed E-state index contributed by atoms with van der Waals surface area (Å²) in [6, 6.07) is 4.81. The lowest BCUT2D eigenvalue weighted by Gasteiger charge is -2.27. The fraction of sp³-hybridized carbons (Fsp3) is 0.417. The van der Waals surface area contributed by atoms with Gasteiger partial charge in [0.1, 0.15) is 11.4 Å². The molecule has 1 aliphatic rings. The highest BCUT2D eigenvalue weighted by molar-refractivity contribution is 5.87. The summed E-state index contributed by atoms with van der Waals surface area (Å²) in [4.78, 5) is 11.6. The summed E-state index contributed by atoms with van der Waals surface area (Å²) in [7, 11) is 0. The molecule has 0 radical (unpaired) electrons. The lowest BCUT2D eigenvalue weighted by atomic mass is 9.91. The average Bonchev–Trinajstić information content (AvgIpc) is 2.61. The standard InChI is InChI=1S/C12H15FN2O/c1-2-15-12(11(14)16)7-6-8-9(12)4-3-5-10(8)13/h3-5,15H,2,6-7H2,1H3,(H2,14,16). The topological polar surface area (TPSA) is 55.1 Å². The SMILES string of the molecule is CCNC1(C(N)=O)CCc2c(F)cccc21. The maximum absolute atomic E-state index is 13.6. The lowest BCUT2D eigenvalue weighted by Crippen LogP contribution is -2.51. The summed E-state index contributed by atoms with van der Waals surface area (Å²) in [5.74, 6) is -0.683. The molecular weight excluding hydrogens is 207 g/mol. The van der Waals surface area contributed by atoms with Crippen LogP contribution >= 0.6 is 0 Å². The molecule has 2 rings (SSSR count). The van der Waals surface area contributed by atoms with E-state index >= 15 is 0 Å². The smallest absolute Gasteiger partial charge is 0.242 e. The first-order valence-corrected chi connectivity index (χ1v) is 5.44. The number of likely N-dealkylation sites (N-methyl/N-ethyl adjacent to an activating group) is 1. The fourth-order valence-electron chi connectivity index (χ4n) is 2.49. The zero-order chi connectivity index (χ0) is 11.8. The maximum Gasteiger partial charge on any atom is 0.242 e. The number of fused-ring (bicyclic) bond motifs is 1. The van der Waals surface area contributed by atoms with Crippen LogP contribution in [0.1, 0.15) is 24.5 Å². The number of primary amides is 1. The first-order valence-electron chi connectivity index (χ1n) is 5.44. The third kappa shape index (κ3) is 1.41. The molecule has 3 nitrogen and oxygen atoms in total.